The zero-order chi connectivity index (χ0) is 98.5. The van der Waals surface area contributed by atoms with Gasteiger partial charge in [0, 0.05) is 112 Å². The van der Waals surface area contributed by atoms with Crippen molar-refractivity contribution < 1.29 is 4.42 Å². The maximum absolute atomic E-state index is 6.35. The van der Waals surface area contributed by atoms with E-state index >= 15 is 0 Å². The molecular formula is C144H86OS5. The summed E-state index contributed by atoms with van der Waals surface area (Å²) in [5.41, 5.74) is 24.5. The van der Waals surface area contributed by atoms with E-state index in [9.17, 15) is 0 Å². The fourth-order valence-electron chi connectivity index (χ4n) is 23.8. The minimum Gasteiger partial charge on any atom is -0.456 e. The second kappa shape index (κ2) is 36.1. The van der Waals surface area contributed by atoms with Crippen LogP contribution in [0.3, 0.4) is 0 Å². The molecule has 0 aliphatic rings. The Labute approximate surface area is 884 Å². The molecule has 0 saturated carbocycles. The van der Waals surface area contributed by atoms with Crippen LogP contribution in [0.15, 0.2) is 526 Å². The summed E-state index contributed by atoms with van der Waals surface area (Å²) in [6, 6.07) is 191. The van der Waals surface area contributed by atoms with E-state index in [4.69, 9.17) is 4.42 Å². The topological polar surface area (TPSA) is 13.1 Å². The van der Waals surface area contributed by atoms with Crippen LogP contribution in [0.4, 0.5) is 0 Å². The molecule has 33 aromatic rings. The lowest BCUT2D eigenvalue weighted by Gasteiger charge is -2.13. The Balaban J connectivity index is 0.0000000923. The number of hydrogen-bond acceptors (Lipinski definition) is 6. The molecule has 0 saturated heterocycles. The van der Waals surface area contributed by atoms with Gasteiger partial charge in [-0.05, 0) is 289 Å². The zero-order valence-corrected chi connectivity index (χ0v) is 85.2. The molecule has 6 heteroatoms. The van der Waals surface area contributed by atoms with Crippen molar-refractivity contribution in [3.8, 4) is 100 Å². The van der Waals surface area contributed by atoms with Crippen LogP contribution in [-0.4, -0.2) is 0 Å². The SMILES string of the molecule is c1cc(-c2ccc3c4ccccc4c4ccccc4c3c2)cc(-c2cccc3c2sc2ccccc23)c1.c1cc(-c2cccc(-c3cccc4c3sc3ccccc34)c2)cc(-c2cccc3c2sc2ccccc23)c1.c1cc(-c2cccc3c2sc2ccccc23)cc(-c2cccc3c2sc2ccccc23)c1.c1ccc2c(c1)cc(-c1ccc3oc4ccc(-c5cc6ccc7cccc8ccc(c5)c6c78)cc4c3c1)c1ccccc12. The summed E-state index contributed by atoms with van der Waals surface area (Å²) >= 11 is 9.45. The lowest BCUT2D eigenvalue weighted by Crippen LogP contribution is -1.86. The first kappa shape index (κ1) is 87.6. The average molecular weight is 1990 g/mol. The molecular weight excluding hydrogens is 1910 g/mol. The van der Waals surface area contributed by atoms with Crippen LogP contribution in [0.5, 0.6) is 0 Å². The van der Waals surface area contributed by atoms with E-state index in [0.29, 0.717) is 0 Å². The van der Waals surface area contributed by atoms with E-state index in [1.807, 2.05) is 56.7 Å². The Morgan fingerprint density at radius 1 is 0.113 bits per heavy atom. The lowest BCUT2D eigenvalue weighted by molar-refractivity contribution is 0.669. The minimum atomic E-state index is 0.913. The van der Waals surface area contributed by atoms with Crippen LogP contribution in [0.2, 0.25) is 0 Å². The van der Waals surface area contributed by atoms with Crippen LogP contribution in [0.25, 0.3) is 309 Å². The zero-order valence-electron chi connectivity index (χ0n) is 81.1. The monoisotopic (exact) mass is 1990 g/mol. The van der Waals surface area contributed by atoms with E-state index in [1.54, 1.807) is 0 Å². The Kier molecular flexibility index (Phi) is 21.1. The maximum atomic E-state index is 6.35. The van der Waals surface area contributed by atoms with Crippen LogP contribution in [0.1, 0.15) is 0 Å². The van der Waals surface area contributed by atoms with Crippen molar-refractivity contribution in [3.05, 3.63) is 522 Å². The Morgan fingerprint density at radius 3 is 0.747 bits per heavy atom. The summed E-state index contributed by atoms with van der Waals surface area (Å²) in [5, 5.41) is 36.5. The first-order valence-corrected chi connectivity index (χ1v) is 55.2. The largest absolute Gasteiger partial charge is 0.456 e. The first-order valence-electron chi connectivity index (χ1n) is 51.2. The molecule has 0 aliphatic heterocycles. The fourth-order valence-corrected chi connectivity index (χ4v) is 29.9. The molecule has 1 nitrogen and oxygen atoms in total. The van der Waals surface area contributed by atoms with E-state index in [-0.39, 0.29) is 0 Å². The smallest absolute Gasteiger partial charge is 0.135 e. The second-order valence-corrected chi connectivity index (χ2v) is 44.6. The van der Waals surface area contributed by atoms with Gasteiger partial charge >= 0.3 is 0 Å². The highest BCUT2D eigenvalue weighted by Crippen LogP contribution is 2.51. The van der Waals surface area contributed by atoms with Crippen LogP contribution < -0.4 is 0 Å². The standard InChI is InChI=1S/C42H24O.C36H22S2.C36H22S.C30H18S2/c1-2-9-33-28(6-1)23-36(35-11-4-3-10-34(33)35)29-17-19-40-38(24-29)37-22-27(16-18-39(37)43-40)32-20-30-14-12-25-7-5-8-26-13-15-31(21-32)42(30)41(25)26;1-3-19-33-29(13-1)31-17-7-15-27(35(31)37-33)25-11-5-9-23(21-25)24-10-6-12-26(22-24)28-16-8-18-32-30-14-2-4-20-34(30)38-36(28)32;1-2-13-29-27(11-1)28-12-3-4-14-30(28)34-22-24(19-20-31(29)34)23-9-7-10-25(21-23)26-16-8-17-33-32-15-5-6-18-35(32)37-36(26)33;1-3-16-27-23(10-1)25-14-6-12-21(29(25)31-27)19-8-5-9-20(18-19)22-13-7-15-26-24-11-2-4-17-28(24)32-30(22)26/h1-24H;1-22H;1-22H;1-18H. The summed E-state index contributed by atoms with van der Waals surface area (Å²) in [6.45, 7) is 0. The number of thiophene rings is 5. The van der Waals surface area contributed by atoms with E-state index < -0.39 is 0 Å². The Bertz CT molecular complexity index is 10900. The molecule has 0 unspecified atom stereocenters. The van der Waals surface area contributed by atoms with Gasteiger partial charge in [0.15, 0.2) is 0 Å². The van der Waals surface area contributed by atoms with Crippen molar-refractivity contribution in [1.82, 2.24) is 0 Å². The normalized spacial score (nSPS) is 11.9. The van der Waals surface area contributed by atoms with Gasteiger partial charge in [0.2, 0.25) is 0 Å². The highest BCUT2D eigenvalue weighted by atomic mass is 32.1. The van der Waals surface area contributed by atoms with Gasteiger partial charge in [0.25, 0.3) is 0 Å². The third kappa shape index (κ3) is 14.9. The molecule has 698 valence electrons. The van der Waals surface area contributed by atoms with Crippen LogP contribution in [-0.2, 0) is 0 Å². The molecule has 0 atom stereocenters. The first-order chi connectivity index (χ1) is 74.3. The quantitative estimate of drug-likeness (QED) is 0.131. The van der Waals surface area contributed by atoms with Crippen molar-refractivity contribution in [3.63, 3.8) is 0 Å². The predicted octanol–water partition coefficient (Wildman–Crippen LogP) is 44.2. The minimum absolute atomic E-state index is 0.913. The summed E-state index contributed by atoms with van der Waals surface area (Å²) < 4.78 is 19.9. The van der Waals surface area contributed by atoms with Crippen molar-refractivity contribution >= 4 is 266 Å². The third-order valence-electron chi connectivity index (χ3n) is 30.8. The molecule has 150 heavy (non-hydrogen) atoms. The van der Waals surface area contributed by atoms with Gasteiger partial charge in [-0.1, -0.05) is 419 Å². The van der Waals surface area contributed by atoms with Gasteiger partial charge in [0.1, 0.15) is 11.2 Å². The van der Waals surface area contributed by atoms with E-state index in [2.05, 4.69) is 522 Å². The number of benzene rings is 27. The molecule has 0 radical (unpaired) electrons. The summed E-state index contributed by atoms with van der Waals surface area (Å²) in [6.07, 6.45) is 0. The number of fused-ring (bicyclic) bond motifs is 27. The molecule has 6 heterocycles. The van der Waals surface area contributed by atoms with Gasteiger partial charge in [-0.2, -0.15) is 0 Å². The Morgan fingerprint density at radius 2 is 0.353 bits per heavy atom. The van der Waals surface area contributed by atoms with Crippen molar-refractivity contribution in [1.29, 1.82) is 0 Å². The molecule has 0 spiro atoms. The second-order valence-electron chi connectivity index (χ2n) is 39.3. The molecule has 33 rings (SSSR count). The molecule has 0 fully saturated rings. The highest BCUT2D eigenvalue weighted by molar-refractivity contribution is 7.28. The van der Waals surface area contributed by atoms with E-state index in [0.717, 1.165) is 21.9 Å². The van der Waals surface area contributed by atoms with Crippen molar-refractivity contribution in [2.45, 2.75) is 0 Å². The van der Waals surface area contributed by atoms with Gasteiger partial charge in [-0.3, -0.25) is 0 Å². The van der Waals surface area contributed by atoms with Gasteiger partial charge < -0.3 is 4.42 Å². The molecule has 0 N–H and O–H groups in total. The maximum Gasteiger partial charge on any atom is 0.135 e. The molecule has 27 aromatic carbocycles. The van der Waals surface area contributed by atoms with E-state index in [1.165, 1.54) is 287 Å². The van der Waals surface area contributed by atoms with Gasteiger partial charge in [-0.15, -0.1) is 56.7 Å². The molecule has 0 amide bonds. The fraction of sp³-hybridized carbons (Fsp3) is 0. The summed E-state index contributed by atoms with van der Waals surface area (Å²) in [4.78, 5) is 0. The molecule has 6 aromatic heterocycles. The number of rotatable bonds is 9. The molecule has 0 bridgehead atoms. The summed E-state index contributed by atoms with van der Waals surface area (Å²) in [7, 11) is 0. The van der Waals surface area contributed by atoms with Crippen molar-refractivity contribution in [2.24, 2.45) is 0 Å². The number of furan rings is 1. The predicted molar refractivity (Wildman–Crippen MR) is 658 cm³/mol. The van der Waals surface area contributed by atoms with Crippen LogP contribution >= 0.6 is 56.7 Å². The van der Waals surface area contributed by atoms with Crippen molar-refractivity contribution in [2.75, 3.05) is 0 Å². The highest BCUT2D eigenvalue weighted by Gasteiger charge is 2.23. The number of hydrogen-bond donors (Lipinski definition) is 0. The lowest BCUT2D eigenvalue weighted by atomic mass is 9.91. The summed E-state index contributed by atoms with van der Waals surface area (Å²) in [5.74, 6) is 0. The molecule has 0 aliphatic carbocycles. The van der Waals surface area contributed by atoms with Crippen LogP contribution in [0, 0.1) is 0 Å². The third-order valence-corrected chi connectivity index (χ3v) is 36.9. The van der Waals surface area contributed by atoms with Gasteiger partial charge in [0.05, 0.1) is 0 Å². The Hall–Kier alpha value is -17.8. The van der Waals surface area contributed by atoms with Gasteiger partial charge in [-0.25, -0.2) is 0 Å². The average Bonchev–Trinajstić information content (AvgIpc) is 1.08.